The van der Waals surface area contributed by atoms with Gasteiger partial charge in [-0.25, -0.2) is 4.98 Å². The number of hydrogen-bond donors (Lipinski definition) is 2. The second kappa shape index (κ2) is 6.91. The standard InChI is InChI=1S/C22H23N5/c1-3-9-19-17(7-1)16(15-24-19)11-12-23-22-25-20-10-4-2-8-18(20)21(26-22)27-13-5-6-14-27/h1-4,7-10,15,24H,5-6,11-14H2,(H,23,25,26). The summed E-state index contributed by atoms with van der Waals surface area (Å²) in [4.78, 5) is 15.3. The van der Waals surface area contributed by atoms with E-state index in [0.717, 1.165) is 48.7 Å². The number of H-pyrrole nitrogens is 1. The van der Waals surface area contributed by atoms with Crippen molar-refractivity contribution in [1.82, 2.24) is 15.0 Å². The van der Waals surface area contributed by atoms with Crippen molar-refractivity contribution in [3.8, 4) is 0 Å². The lowest BCUT2D eigenvalue weighted by molar-refractivity contribution is 0.930. The van der Waals surface area contributed by atoms with Crippen molar-refractivity contribution in [3.05, 3.63) is 60.3 Å². The molecule has 0 radical (unpaired) electrons. The van der Waals surface area contributed by atoms with E-state index in [1.165, 1.54) is 29.3 Å². The van der Waals surface area contributed by atoms with Crippen LogP contribution in [0.4, 0.5) is 11.8 Å². The van der Waals surface area contributed by atoms with Crippen molar-refractivity contribution < 1.29 is 0 Å². The van der Waals surface area contributed by atoms with Gasteiger partial charge in [0.2, 0.25) is 5.95 Å². The van der Waals surface area contributed by atoms with Gasteiger partial charge in [0.25, 0.3) is 0 Å². The van der Waals surface area contributed by atoms with Crippen LogP contribution in [0.2, 0.25) is 0 Å². The van der Waals surface area contributed by atoms with Crippen LogP contribution in [0.15, 0.2) is 54.7 Å². The predicted octanol–water partition coefficient (Wildman–Crippen LogP) is 4.37. The number of nitrogens with zero attached hydrogens (tertiary/aromatic N) is 3. The van der Waals surface area contributed by atoms with E-state index in [0.29, 0.717) is 0 Å². The summed E-state index contributed by atoms with van der Waals surface area (Å²) >= 11 is 0. The Morgan fingerprint density at radius 2 is 1.70 bits per heavy atom. The van der Waals surface area contributed by atoms with Gasteiger partial charge in [-0.1, -0.05) is 30.3 Å². The van der Waals surface area contributed by atoms with Crippen molar-refractivity contribution in [3.63, 3.8) is 0 Å². The molecule has 5 heteroatoms. The number of nitrogens with one attached hydrogen (secondary N) is 2. The number of anilines is 2. The van der Waals surface area contributed by atoms with Crippen LogP contribution in [0.5, 0.6) is 0 Å². The first-order chi connectivity index (χ1) is 13.4. The molecule has 1 aliphatic heterocycles. The first kappa shape index (κ1) is 16.1. The summed E-state index contributed by atoms with van der Waals surface area (Å²) in [6.07, 6.45) is 5.51. The molecule has 2 aromatic heterocycles. The zero-order valence-corrected chi connectivity index (χ0v) is 15.3. The molecule has 0 bridgehead atoms. The Hall–Kier alpha value is -3.08. The van der Waals surface area contributed by atoms with Crippen molar-refractivity contribution in [2.75, 3.05) is 29.9 Å². The molecule has 1 fully saturated rings. The molecule has 136 valence electrons. The summed E-state index contributed by atoms with van der Waals surface area (Å²) in [6.45, 7) is 2.96. The smallest absolute Gasteiger partial charge is 0.225 e. The van der Waals surface area contributed by atoms with Crippen molar-refractivity contribution in [1.29, 1.82) is 0 Å². The van der Waals surface area contributed by atoms with E-state index in [1.807, 2.05) is 6.07 Å². The maximum absolute atomic E-state index is 4.86. The molecule has 5 nitrogen and oxygen atoms in total. The van der Waals surface area contributed by atoms with Crippen molar-refractivity contribution in [2.45, 2.75) is 19.3 Å². The molecule has 4 aromatic rings. The van der Waals surface area contributed by atoms with E-state index in [1.54, 1.807) is 0 Å². The lowest BCUT2D eigenvalue weighted by Crippen LogP contribution is -2.20. The molecule has 1 saturated heterocycles. The van der Waals surface area contributed by atoms with E-state index < -0.39 is 0 Å². The van der Waals surface area contributed by atoms with Gasteiger partial charge < -0.3 is 15.2 Å². The van der Waals surface area contributed by atoms with Crippen LogP contribution in [-0.2, 0) is 6.42 Å². The Labute approximate surface area is 158 Å². The fourth-order valence-electron chi connectivity index (χ4n) is 3.96. The molecule has 5 rings (SSSR count). The molecular weight excluding hydrogens is 334 g/mol. The molecule has 27 heavy (non-hydrogen) atoms. The topological polar surface area (TPSA) is 56.8 Å². The first-order valence-electron chi connectivity index (χ1n) is 9.69. The zero-order valence-electron chi connectivity index (χ0n) is 15.3. The third kappa shape index (κ3) is 3.10. The average Bonchev–Trinajstić information content (AvgIpc) is 3.38. The molecule has 0 unspecified atom stereocenters. The van der Waals surface area contributed by atoms with Gasteiger partial charge in [0.15, 0.2) is 0 Å². The fraction of sp³-hybridized carbons (Fsp3) is 0.273. The minimum absolute atomic E-state index is 0.718. The lowest BCUT2D eigenvalue weighted by Gasteiger charge is -2.19. The van der Waals surface area contributed by atoms with Gasteiger partial charge in [0.1, 0.15) is 5.82 Å². The lowest BCUT2D eigenvalue weighted by atomic mass is 10.1. The third-order valence-electron chi connectivity index (χ3n) is 5.34. The molecule has 0 aliphatic carbocycles. The minimum Gasteiger partial charge on any atom is -0.361 e. The van der Waals surface area contributed by atoms with E-state index in [2.05, 4.69) is 63.9 Å². The number of rotatable bonds is 5. The van der Waals surface area contributed by atoms with Crippen molar-refractivity contribution >= 4 is 33.6 Å². The zero-order chi connectivity index (χ0) is 18.1. The predicted molar refractivity (Wildman–Crippen MR) is 111 cm³/mol. The highest BCUT2D eigenvalue weighted by atomic mass is 15.2. The second-order valence-electron chi connectivity index (χ2n) is 7.12. The monoisotopic (exact) mass is 357 g/mol. The summed E-state index contributed by atoms with van der Waals surface area (Å²) in [7, 11) is 0. The molecule has 3 heterocycles. The number of hydrogen-bond acceptors (Lipinski definition) is 4. The number of aromatic nitrogens is 3. The summed E-state index contributed by atoms with van der Waals surface area (Å²) in [5.74, 6) is 1.78. The summed E-state index contributed by atoms with van der Waals surface area (Å²) in [6, 6.07) is 16.7. The summed E-state index contributed by atoms with van der Waals surface area (Å²) in [5.41, 5.74) is 3.51. The average molecular weight is 357 g/mol. The molecule has 0 amide bonds. The molecule has 1 aliphatic rings. The molecular formula is C22H23N5. The Bertz CT molecular complexity index is 1080. The Morgan fingerprint density at radius 1 is 0.926 bits per heavy atom. The maximum Gasteiger partial charge on any atom is 0.225 e. The van der Waals surface area contributed by atoms with E-state index in [-0.39, 0.29) is 0 Å². The second-order valence-corrected chi connectivity index (χ2v) is 7.12. The minimum atomic E-state index is 0.718. The third-order valence-corrected chi connectivity index (χ3v) is 5.34. The Balaban J connectivity index is 1.38. The maximum atomic E-state index is 4.86. The molecule has 2 aromatic carbocycles. The van der Waals surface area contributed by atoms with Gasteiger partial charge in [0.05, 0.1) is 5.52 Å². The van der Waals surface area contributed by atoms with Crippen molar-refractivity contribution in [2.24, 2.45) is 0 Å². The van der Waals surface area contributed by atoms with Gasteiger partial charge in [0, 0.05) is 42.1 Å². The normalized spacial score (nSPS) is 14.3. The van der Waals surface area contributed by atoms with Crippen LogP contribution in [0.3, 0.4) is 0 Å². The van der Waals surface area contributed by atoms with Gasteiger partial charge >= 0.3 is 0 Å². The highest BCUT2D eigenvalue weighted by Crippen LogP contribution is 2.28. The van der Waals surface area contributed by atoms with Crippen LogP contribution >= 0.6 is 0 Å². The van der Waals surface area contributed by atoms with Gasteiger partial charge in [-0.15, -0.1) is 0 Å². The number of fused-ring (bicyclic) bond motifs is 2. The van der Waals surface area contributed by atoms with Crippen LogP contribution in [0.1, 0.15) is 18.4 Å². The fourth-order valence-corrected chi connectivity index (χ4v) is 3.96. The van der Waals surface area contributed by atoms with Crippen LogP contribution in [-0.4, -0.2) is 34.6 Å². The Morgan fingerprint density at radius 3 is 2.59 bits per heavy atom. The number of para-hydroxylation sites is 2. The molecule has 0 spiro atoms. The number of aromatic amines is 1. The van der Waals surface area contributed by atoms with Gasteiger partial charge in [-0.3, -0.25) is 0 Å². The van der Waals surface area contributed by atoms with Crippen LogP contribution in [0, 0.1) is 0 Å². The van der Waals surface area contributed by atoms with E-state index in [4.69, 9.17) is 9.97 Å². The van der Waals surface area contributed by atoms with Crippen LogP contribution in [0.25, 0.3) is 21.8 Å². The van der Waals surface area contributed by atoms with Gasteiger partial charge in [-0.05, 0) is 43.0 Å². The van der Waals surface area contributed by atoms with E-state index in [9.17, 15) is 0 Å². The summed E-state index contributed by atoms with van der Waals surface area (Å²) < 4.78 is 0. The SMILES string of the molecule is c1ccc2c(N3CCCC3)nc(NCCc3c[nH]c4ccccc34)nc2c1. The number of benzene rings is 2. The summed E-state index contributed by atoms with van der Waals surface area (Å²) in [5, 5.41) is 5.87. The highest BCUT2D eigenvalue weighted by Gasteiger charge is 2.18. The largest absolute Gasteiger partial charge is 0.361 e. The first-order valence-corrected chi connectivity index (χ1v) is 9.69. The highest BCUT2D eigenvalue weighted by molar-refractivity contribution is 5.90. The molecule has 0 atom stereocenters. The molecule has 0 saturated carbocycles. The van der Waals surface area contributed by atoms with Crippen LogP contribution < -0.4 is 10.2 Å². The Kier molecular flexibility index (Phi) is 4.13. The molecule has 2 N–H and O–H groups in total. The van der Waals surface area contributed by atoms with Gasteiger partial charge in [-0.2, -0.15) is 4.98 Å². The van der Waals surface area contributed by atoms with E-state index >= 15 is 0 Å². The quantitative estimate of drug-likeness (QED) is 0.557.